The van der Waals surface area contributed by atoms with Crippen molar-refractivity contribution < 1.29 is 0 Å². The Kier molecular flexibility index (Phi) is 2.61. The molecule has 2 heteroatoms. The molecule has 2 aromatic carbocycles. The highest BCUT2D eigenvalue weighted by atomic mass is 15.4. The van der Waals surface area contributed by atoms with Crippen LogP contribution < -0.4 is 9.80 Å². The summed E-state index contributed by atoms with van der Waals surface area (Å²) in [6.45, 7) is 5.59. The Bertz CT molecular complexity index is 701. The highest BCUT2D eigenvalue weighted by molar-refractivity contribution is 5.68. The molecule has 0 N–H and O–H groups in total. The Labute approximate surface area is 126 Å². The Hall–Kier alpha value is -2.22. The minimum Gasteiger partial charge on any atom is -0.328 e. The molecule has 2 aliphatic heterocycles. The van der Waals surface area contributed by atoms with Crippen LogP contribution in [-0.4, -0.2) is 6.67 Å². The third-order valence-electron chi connectivity index (χ3n) is 4.58. The van der Waals surface area contributed by atoms with Gasteiger partial charge in [0, 0.05) is 23.3 Å². The Balaban J connectivity index is 1.77. The Morgan fingerprint density at radius 2 is 1.62 bits per heavy atom. The van der Waals surface area contributed by atoms with Gasteiger partial charge in [0.05, 0.1) is 6.67 Å². The number of para-hydroxylation sites is 2. The normalized spacial score (nSPS) is 19.0. The SMILES string of the molecule is CC1(C)CC2=CN(c3ccccc3)CN2c2ccccc21. The van der Waals surface area contributed by atoms with Gasteiger partial charge in [-0.05, 0) is 35.6 Å². The molecule has 0 atom stereocenters. The van der Waals surface area contributed by atoms with Gasteiger partial charge in [0.25, 0.3) is 0 Å². The standard InChI is InChI=1S/C19H20N2/c1-19(2)12-16-13-20(15-8-4-3-5-9-15)14-21(16)18-11-7-6-10-17(18)19/h3-11,13H,12,14H2,1-2H3. The molecular formula is C19H20N2. The van der Waals surface area contributed by atoms with Crippen LogP contribution in [0.2, 0.25) is 0 Å². The Morgan fingerprint density at radius 3 is 2.43 bits per heavy atom. The summed E-state index contributed by atoms with van der Waals surface area (Å²) in [6, 6.07) is 19.4. The molecule has 21 heavy (non-hydrogen) atoms. The molecule has 2 nitrogen and oxygen atoms in total. The van der Waals surface area contributed by atoms with E-state index in [0.717, 1.165) is 13.1 Å². The molecule has 0 bridgehead atoms. The summed E-state index contributed by atoms with van der Waals surface area (Å²) in [6.07, 6.45) is 3.40. The van der Waals surface area contributed by atoms with Crippen molar-refractivity contribution in [3.8, 4) is 0 Å². The molecule has 0 aromatic heterocycles. The molecule has 0 fully saturated rings. The highest BCUT2D eigenvalue weighted by Gasteiger charge is 2.37. The maximum absolute atomic E-state index is 2.45. The van der Waals surface area contributed by atoms with E-state index in [1.165, 1.54) is 22.6 Å². The second-order valence-corrected chi connectivity index (χ2v) is 6.57. The van der Waals surface area contributed by atoms with E-state index in [4.69, 9.17) is 0 Å². The van der Waals surface area contributed by atoms with E-state index in [-0.39, 0.29) is 5.41 Å². The van der Waals surface area contributed by atoms with Crippen molar-refractivity contribution in [2.45, 2.75) is 25.7 Å². The maximum atomic E-state index is 2.45. The van der Waals surface area contributed by atoms with Gasteiger partial charge in [-0.15, -0.1) is 0 Å². The molecule has 2 heterocycles. The number of allylic oxidation sites excluding steroid dienone is 1. The second kappa shape index (κ2) is 4.39. The molecule has 106 valence electrons. The summed E-state index contributed by atoms with van der Waals surface area (Å²) >= 11 is 0. The van der Waals surface area contributed by atoms with Crippen LogP contribution in [0.15, 0.2) is 66.5 Å². The van der Waals surface area contributed by atoms with Gasteiger partial charge in [-0.1, -0.05) is 50.2 Å². The summed E-state index contributed by atoms with van der Waals surface area (Å²) < 4.78 is 0. The smallest absolute Gasteiger partial charge is 0.0992 e. The van der Waals surface area contributed by atoms with Crippen LogP contribution in [0.3, 0.4) is 0 Å². The molecule has 0 aliphatic carbocycles. The quantitative estimate of drug-likeness (QED) is 0.757. The summed E-state index contributed by atoms with van der Waals surface area (Å²) in [5.41, 5.74) is 5.69. The lowest BCUT2D eigenvalue weighted by atomic mass is 9.77. The van der Waals surface area contributed by atoms with Crippen molar-refractivity contribution >= 4 is 11.4 Å². The van der Waals surface area contributed by atoms with Crippen LogP contribution in [0, 0.1) is 0 Å². The lowest BCUT2D eigenvalue weighted by molar-refractivity contribution is 0.498. The van der Waals surface area contributed by atoms with Gasteiger partial charge >= 0.3 is 0 Å². The van der Waals surface area contributed by atoms with Crippen LogP contribution in [0.25, 0.3) is 0 Å². The molecule has 0 radical (unpaired) electrons. The molecule has 2 aliphatic rings. The third kappa shape index (κ3) is 1.94. The number of hydrogen-bond donors (Lipinski definition) is 0. The fraction of sp³-hybridized carbons (Fsp3) is 0.263. The number of rotatable bonds is 1. The molecule has 0 unspecified atom stereocenters. The van der Waals surface area contributed by atoms with Gasteiger partial charge in [0.2, 0.25) is 0 Å². The number of hydrogen-bond acceptors (Lipinski definition) is 2. The van der Waals surface area contributed by atoms with Crippen LogP contribution >= 0.6 is 0 Å². The first-order valence-corrected chi connectivity index (χ1v) is 7.55. The first-order valence-electron chi connectivity index (χ1n) is 7.55. The number of benzene rings is 2. The maximum Gasteiger partial charge on any atom is 0.0992 e. The monoisotopic (exact) mass is 276 g/mol. The van der Waals surface area contributed by atoms with Crippen LogP contribution in [0.5, 0.6) is 0 Å². The van der Waals surface area contributed by atoms with E-state index in [0.29, 0.717) is 0 Å². The number of fused-ring (bicyclic) bond motifs is 3. The van der Waals surface area contributed by atoms with Crippen molar-refractivity contribution in [2.75, 3.05) is 16.5 Å². The zero-order valence-corrected chi connectivity index (χ0v) is 12.6. The van der Waals surface area contributed by atoms with Crippen LogP contribution in [0.1, 0.15) is 25.8 Å². The third-order valence-corrected chi connectivity index (χ3v) is 4.58. The first kappa shape index (κ1) is 12.5. The van der Waals surface area contributed by atoms with E-state index in [1.807, 2.05) is 0 Å². The molecule has 0 saturated carbocycles. The minimum absolute atomic E-state index is 0.200. The summed E-state index contributed by atoms with van der Waals surface area (Å²) in [7, 11) is 0. The van der Waals surface area contributed by atoms with Gasteiger partial charge in [-0.25, -0.2) is 0 Å². The van der Waals surface area contributed by atoms with Gasteiger partial charge < -0.3 is 9.80 Å². The zero-order chi connectivity index (χ0) is 14.4. The molecule has 0 spiro atoms. The lowest BCUT2D eigenvalue weighted by Gasteiger charge is -2.39. The molecule has 2 aromatic rings. The molecule has 0 saturated heterocycles. The fourth-order valence-electron chi connectivity index (χ4n) is 3.51. The van der Waals surface area contributed by atoms with Crippen LogP contribution in [0.4, 0.5) is 11.4 Å². The predicted molar refractivity (Wildman–Crippen MR) is 88.4 cm³/mol. The predicted octanol–water partition coefficient (Wildman–Crippen LogP) is 4.49. The average Bonchev–Trinajstić information content (AvgIpc) is 2.91. The lowest BCUT2D eigenvalue weighted by Crippen LogP contribution is -2.35. The second-order valence-electron chi connectivity index (χ2n) is 6.57. The van der Waals surface area contributed by atoms with Crippen molar-refractivity contribution in [2.24, 2.45) is 0 Å². The van der Waals surface area contributed by atoms with Crippen molar-refractivity contribution in [1.82, 2.24) is 0 Å². The van der Waals surface area contributed by atoms with Gasteiger partial charge in [0.15, 0.2) is 0 Å². The molecule has 4 rings (SSSR count). The summed E-state index contributed by atoms with van der Waals surface area (Å²) in [5.74, 6) is 0. The van der Waals surface area contributed by atoms with Crippen molar-refractivity contribution in [1.29, 1.82) is 0 Å². The van der Waals surface area contributed by atoms with Crippen LogP contribution in [-0.2, 0) is 5.41 Å². The van der Waals surface area contributed by atoms with E-state index >= 15 is 0 Å². The zero-order valence-electron chi connectivity index (χ0n) is 12.6. The highest BCUT2D eigenvalue weighted by Crippen LogP contribution is 2.46. The number of anilines is 2. The largest absolute Gasteiger partial charge is 0.328 e. The van der Waals surface area contributed by atoms with E-state index in [9.17, 15) is 0 Å². The summed E-state index contributed by atoms with van der Waals surface area (Å²) in [4.78, 5) is 4.79. The number of nitrogens with zero attached hydrogens (tertiary/aromatic N) is 2. The van der Waals surface area contributed by atoms with E-state index < -0.39 is 0 Å². The average molecular weight is 276 g/mol. The topological polar surface area (TPSA) is 6.48 Å². The van der Waals surface area contributed by atoms with E-state index in [2.05, 4.69) is 84.4 Å². The first-order chi connectivity index (χ1) is 10.1. The van der Waals surface area contributed by atoms with Gasteiger partial charge in [-0.3, -0.25) is 0 Å². The minimum atomic E-state index is 0.200. The molecule has 0 amide bonds. The van der Waals surface area contributed by atoms with Crippen molar-refractivity contribution in [3.63, 3.8) is 0 Å². The molecular weight excluding hydrogens is 256 g/mol. The summed E-state index contributed by atoms with van der Waals surface area (Å²) in [5, 5.41) is 0. The van der Waals surface area contributed by atoms with Gasteiger partial charge in [0.1, 0.15) is 0 Å². The Morgan fingerprint density at radius 1 is 0.905 bits per heavy atom. The fourth-order valence-corrected chi connectivity index (χ4v) is 3.51. The van der Waals surface area contributed by atoms with Gasteiger partial charge in [-0.2, -0.15) is 0 Å². The van der Waals surface area contributed by atoms with E-state index in [1.54, 1.807) is 0 Å². The van der Waals surface area contributed by atoms with Crippen molar-refractivity contribution in [3.05, 3.63) is 72.1 Å².